The maximum absolute atomic E-state index is 12.6. The van der Waals surface area contributed by atoms with Crippen LogP contribution in [0, 0.1) is 5.92 Å². The lowest BCUT2D eigenvalue weighted by Gasteiger charge is -2.19. The molecule has 1 heterocycles. The third-order valence-corrected chi connectivity index (χ3v) is 5.18. The van der Waals surface area contributed by atoms with E-state index >= 15 is 0 Å². The zero-order chi connectivity index (χ0) is 20.2. The molecule has 1 aliphatic carbocycles. The highest BCUT2D eigenvalue weighted by Gasteiger charge is 2.32. The highest BCUT2D eigenvalue weighted by molar-refractivity contribution is 6.31. The van der Waals surface area contributed by atoms with Gasteiger partial charge in [-0.3, -0.25) is 4.79 Å². The van der Waals surface area contributed by atoms with Gasteiger partial charge in [-0.05, 0) is 54.7 Å². The van der Waals surface area contributed by atoms with E-state index in [1.165, 1.54) is 6.33 Å². The minimum Gasteiger partial charge on any atom is -0.497 e. The van der Waals surface area contributed by atoms with E-state index in [-0.39, 0.29) is 18.5 Å². The number of aromatic nitrogens is 3. The Labute approximate surface area is 174 Å². The lowest BCUT2D eigenvalue weighted by atomic mass is 10.0. The molecule has 0 saturated heterocycles. The molecule has 2 N–H and O–H groups in total. The summed E-state index contributed by atoms with van der Waals surface area (Å²) in [6.07, 6.45) is 5.34. The number of rotatable bonds is 8. The number of ether oxygens (including phenoxy) is 1. The fraction of sp³-hybridized carbons (Fsp3) is 0.286. The van der Waals surface area contributed by atoms with Crippen LogP contribution in [0.5, 0.6) is 5.75 Å². The zero-order valence-electron chi connectivity index (χ0n) is 16.0. The van der Waals surface area contributed by atoms with E-state index in [2.05, 4.69) is 20.7 Å². The van der Waals surface area contributed by atoms with Gasteiger partial charge < -0.3 is 15.4 Å². The first-order valence-corrected chi connectivity index (χ1v) is 9.83. The van der Waals surface area contributed by atoms with E-state index in [4.69, 9.17) is 16.3 Å². The molecule has 1 unspecified atom stereocenters. The first kappa shape index (κ1) is 19.4. The molecule has 1 saturated carbocycles. The van der Waals surface area contributed by atoms with Crippen LogP contribution in [0.25, 0.3) is 5.69 Å². The van der Waals surface area contributed by atoms with Crippen molar-refractivity contribution in [3.63, 3.8) is 0 Å². The van der Waals surface area contributed by atoms with Crippen LogP contribution in [0.1, 0.15) is 24.4 Å². The molecule has 8 heteroatoms. The van der Waals surface area contributed by atoms with Crippen molar-refractivity contribution in [1.29, 1.82) is 0 Å². The maximum Gasteiger partial charge on any atom is 0.238 e. The average Bonchev–Trinajstić information content (AvgIpc) is 3.42. The Balaban J connectivity index is 1.43. The molecule has 4 rings (SSSR count). The van der Waals surface area contributed by atoms with Gasteiger partial charge in [0.1, 0.15) is 18.4 Å². The molecule has 7 nitrogen and oxygen atoms in total. The van der Waals surface area contributed by atoms with Gasteiger partial charge in [-0.25, -0.2) is 9.67 Å². The Morgan fingerprint density at radius 2 is 2.07 bits per heavy atom. The molecular formula is C21H22ClN5O2. The number of hydrogen-bond donors (Lipinski definition) is 2. The largest absolute Gasteiger partial charge is 0.497 e. The lowest BCUT2D eigenvalue weighted by Crippen LogP contribution is -2.32. The predicted molar refractivity (Wildman–Crippen MR) is 111 cm³/mol. The highest BCUT2D eigenvalue weighted by atomic mass is 35.5. The van der Waals surface area contributed by atoms with Gasteiger partial charge in [0, 0.05) is 11.1 Å². The number of carbonyl (C=O) groups excluding carboxylic acids is 1. The van der Waals surface area contributed by atoms with Crippen LogP contribution in [-0.2, 0) is 4.79 Å². The third-order valence-electron chi connectivity index (χ3n) is 4.95. The van der Waals surface area contributed by atoms with Gasteiger partial charge in [0.15, 0.2) is 0 Å². The number of nitrogens with zero attached hydrogens (tertiary/aromatic N) is 3. The van der Waals surface area contributed by atoms with E-state index in [0.29, 0.717) is 22.3 Å². The molecule has 0 radical (unpaired) electrons. The molecule has 3 aromatic rings. The monoisotopic (exact) mass is 411 g/mol. The molecule has 1 aliphatic rings. The first-order valence-electron chi connectivity index (χ1n) is 9.46. The van der Waals surface area contributed by atoms with Crippen LogP contribution in [0.4, 0.5) is 5.69 Å². The Bertz CT molecular complexity index is 971. The molecule has 0 bridgehead atoms. The molecule has 1 fully saturated rings. The Morgan fingerprint density at radius 3 is 2.72 bits per heavy atom. The predicted octanol–water partition coefficient (Wildman–Crippen LogP) is 3.61. The Hall–Kier alpha value is -2.90. The van der Waals surface area contributed by atoms with E-state index < -0.39 is 0 Å². The number of carbonyl (C=O) groups is 1. The van der Waals surface area contributed by atoms with Gasteiger partial charge in [0.05, 0.1) is 25.0 Å². The fourth-order valence-corrected chi connectivity index (χ4v) is 3.51. The second kappa shape index (κ2) is 8.63. The summed E-state index contributed by atoms with van der Waals surface area (Å²) in [5.41, 5.74) is 2.45. The zero-order valence-corrected chi connectivity index (χ0v) is 16.8. The number of methoxy groups -OCH3 is 1. The van der Waals surface area contributed by atoms with Gasteiger partial charge in [0.2, 0.25) is 5.91 Å². The lowest BCUT2D eigenvalue weighted by molar-refractivity contribution is -0.115. The summed E-state index contributed by atoms with van der Waals surface area (Å²) in [5.74, 6) is 1.23. The SMILES string of the molecule is COc1ccc(C(NCC(=O)Nc2cc(Cl)ccc2-n2cncn2)C2CC2)cc1. The molecule has 1 amide bonds. The van der Waals surface area contributed by atoms with Gasteiger partial charge in [-0.2, -0.15) is 5.10 Å². The Kier molecular flexibility index (Phi) is 5.78. The van der Waals surface area contributed by atoms with Crippen LogP contribution >= 0.6 is 11.6 Å². The quantitative estimate of drug-likeness (QED) is 0.591. The minimum atomic E-state index is -0.146. The van der Waals surface area contributed by atoms with E-state index in [1.54, 1.807) is 36.3 Å². The normalized spacial score (nSPS) is 14.4. The van der Waals surface area contributed by atoms with Crippen LogP contribution < -0.4 is 15.4 Å². The number of hydrogen-bond acceptors (Lipinski definition) is 5. The Morgan fingerprint density at radius 1 is 1.28 bits per heavy atom. The molecule has 29 heavy (non-hydrogen) atoms. The van der Waals surface area contributed by atoms with Crippen LogP contribution in [0.2, 0.25) is 5.02 Å². The number of nitrogens with one attached hydrogen (secondary N) is 2. The standard InChI is InChI=1S/C21H22ClN5O2/c1-29-17-7-4-15(5-8-17)21(14-2-3-14)24-11-20(28)26-18-10-16(22)6-9-19(18)27-13-23-12-25-27/h4-10,12-14,21,24H,2-3,11H2,1H3,(H,26,28). The molecule has 1 aromatic heterocycles. The highest BCUT2D eigenvalue weighted by Crippen LogP contribution is 2.41. The summed E-state index contributed by atoms with van der Waals surface area (Å²) in [4.78, 5) is 16.6. The third kappa shape index (κ3) is 4.75. The van der Waals surface area contributed by atoms with Crippen LogP contribution in [0.3, 0.4) is 0 Å². The van der Waals surface area contributed by atoms with Crippen molar-refractivity contribution in [3.8, 4) is 11.4 Å². The van der Waals surface area contributed by atoms with Crippen molar-refractivity contribution in [1.82, 2.24) is 20.1 Å². The number of halogens is 1. The van der Waals surface area contributed by atoms with Crippen molar-refractivity contribution < 1.29 is 9.53 Å². The summed E-state index contributed by atoms with van der Waals surface area (Å²) >= 11 is 6.12. The maximum atomic E-state index is 12.6. The second-order valence-electron chi connectivity index (χ2n) is 7.02. The molecule has 0 aliphatic heterocycles. The smallest absolute Gasteiger partial charge is 0.238 e. The fourth-order valence-electron chi connectivity index (χ4n) is 3.34. The molecule has 150 valence electrons. The summed E-state index contributed by atoms with van der Waals surface area (Å²) < 4.78 is 6.82. The molecule has 1 atom stereocenters. The van der Waals surface area contributed by atoms with Crippen molar-refractivity contribution in [3.05, 3.63) is 65.7 Å². The van der Waals surface area contributed by atoms with Crippen molar-refractivity contribution in [2.24, 2.45) is 5.92 Å². The summed E-state index contributed by atoms with van der Waals surface area (Å²) in [6.45, 7) is 0.191. The summed E-state index contributed by atoms with van der Waals surface area (Å²) in [6, 6.07) is 13.4. The minimum absolute atomic E-state index is 0.140. The summed E-state index contributed by atoms with van der Waals surface area (Å²) in [5, 5.41) is 11.0. The second-order valence-corrected chi connectivity index (χ2v) is 7.46. The van der Waals surface area contributed by atoms with Crippen molar-refractivity contribution in [2.45, 2.75) is 18.9 Å². The van der Waals surface area contributed by atoms with Crippen molar-refractivity contribution in [2.75, 3.05) is 19.0 Å². The molecule has 0 spiro atoms. The number of amides is 1. The van der Waals surface area contributed by atoms with Gasteiger partial charge in [-0.15, -0.1) is 0 Å². The van der Waals surface area contributed by atoms with Gasteiger partial charge in [0.25, 0.3) is 0 Å². The number of anilines is 1. The van der Waals surface area contributed by atoms with Gasteiger partial charge in [-0.1, -0.05) is 23.7 Å². The van der Waals surface area contributed by atoms with Crippen LogP contribution in [0.15, 0.2) is 55.1 Å². The van der Waals surface area contributed by atoms with E-state index in [0.717, 1.165) is 24.2 Å². The van der Waals surface area contributed by atoms with Crippen LogP contribution in [-0.4, -0.2) is 34.3 Å². The first-order chi connectivity index (χ1) is 14.1. The van der Waals surface area contributed by atoms with Crippen molar-refractivity contribution >= 4 is 23.2 Å². The molecule has 2 aromatic carbocycles. The topological polar surface area (TPSA) is 81.1 Å². The van der Waals surface area contributed by atoms with E-state index in [1.807, 2.05) is 24.3 Å². The van der Waals surface area contributed by atoms with Gasteiger partial charge >= 0.3 is 0 Å². The summed E-state index contributed by atoms with van der Waals surface area (Å²) in [7, 11) is 1.65. The van der Waals surface area contributed by atoms with E-state index in [9.17, 15) is 4.79 Å². The molecular weight excluding hydrogens is 390 g/mol. The number of benzene rings is 2. The average molecular weight is 412 g/mol.